The molecule has 5 nitrogen and oxygen atoms in total. The number of hydrogen-bond acceptors (Lipinski definition) is 6. The lowest BCUT2D eigenvalue weighted by Gasteiger charge is -2.27. The molecule has 0 saturated heterocycles. The van der Waals surface area contributed by atoms with Crippen molar-refractivity contribution in [3.63, 3.8) is 0 Å². The first-order valence-corrected chi connectivity index (χ1v) is 17.3. The molecular formula is C43H34F3N3O2S. The largest absolute Gasteiger partial charge is 0.497 e. The van der Waals surface area contributed by atoms with Crippen molar-refractivity contribution in [3.05, 3.63) is 150 Å². The van der Waals surface area contributed by atoms with Crippen molar-refractivity contribution in [1.29, 1.82) is 0 Å². The predicted octanol–water partition coefficient (Wildman–Crippen LogP) is 12.3. The molecule has 0 saturated carbocycles. The number of halogens is 3. The lowest BCUT2D eigenvalue weighted by molar-refractivity contribution is -0.137. The Morgan fingerprint density at radius 3 is 1.77 bits per heavy atom. The van der Waals surface area contributed by atoms with Crippen LogP contribution >= 0.6 is 11.3 Å². The second-order valence-electron chi connectivity index (χ2n) is 12.3. The Balaban J connectivity index is 1.29. The second-order valence-corrected chi connectivity index (χ2v) is 13.4. The minimum Gasteiger partial charge on any atom is -0.497 e. The summed E-state index contributed by atoms with van der Waals surface area (Å²) >= 11 is 1.63. The van der Waals surface area contributed by atoms with Crippen LogP contribution in [0, 0.1) is 13.8 Å². The standard InChI is InChI=1S/C43H34F3N3O2S/c1-27-22-34(49(32-11-15-35(50-3)16-12-32)33-13-17-36(51-4)18-14-33)23-28(2)42(27)41-20-19-40(52-41)30-25-38(29-8-7-9-31(24-29)43(44,45)46)48-39(26-30)37-10-5-6-21-47-37/h5-26H,1-4H3. The number of aryl methyl sites for hydroxylation is 2. The summed E-state index contributed by atoms with van der Waals surface area (Å²) in [5.41, 5.74) is 8.45. The van der Waals surface area contributed by atoms with Gasteiger partial charge in [-0.15, -0.1) is 11.3 Å². The van der Waals surface area contributed by atoms with Crippen LogP contribution in [-0.4, -0.2) is 24.2 Å². The lowest BCUT2D eigenvalue weighted by Crippen LogP contribution is -2.10. The van der Waals surface area contributed by atoms with Gasteiger partial charge < -0.3 is 14.4 Å². The van der Waals surface area contributed by atoms with E-state index in [0.29, 0.717) is 22.6 Å². The fourth-order valence-electron chi connectivity index (χ4n) is 6.32. The summed E-state index contributed by atoms with van der Waals surface area (Å²) in [5, 5.41) is 0. The monoisotopic (exact) mass is 713 g/mol. The maximum absolute atomic E-state index is 13.7. The first-order valence-electron chi connectivity index (χ1n) is 16.5. The van der Waals surface area contributed by atoms with E-state index in [1.807, 2.05) is 78.9 Å². The minimum atomic E-state index is -4.47. The molecule has 0 spiro atoms. The smallest absolute Gasteiger partial charge is 0.416 e. The number of nitrogens with zero attached hydrogens (tertiary/aromatic N) is 3. The number of ether oxygens (including phenoxy) is 2. The number of pyridine rings is 2. The van der Waals surface area contributed by atoms with E-state index in [1.165, 1.54) is 6.07 Å². The molecule has 4 aromatic carbocycles. The van der Waals surface area contributed by atoms with Crippen LogP contribution < -0.4 is 14.4 Å². The van der Waals surface area contributed by atoms with Crippen LogP contribution in [0.4, 0.5) is 30.2 Å². The van der Waals surface area contributed by atoms with Crippen LogP contribution in [0.15, 0.2) is 134 Å². The van der Waals surface area contributed by atoms with E-state index < -0.39 is 11.7 Å². The number of alkyl halides is 3. The summed E-state index contributed by atoms with van der Waals surface area (Å²) in [6, 6.07) is 39.1. The number of rotatable bonds is 9. The predicted molar refractivity (Wildman–Crippen MR) is 204 cm³/mol. The summed E-state index contributed by atoms with van der Waals surface area (Å²) in [4.78, 5) is 13.5. The molecule has 7 aromatic rings. The van der Waals surface area contributed by atoms with Crippen molar-refractivity contribution in [2.24, 2.45) is 0 Å². The molecule has 0 fully saturated rings. The third-order valence-corrected chi connectivity index (χ3v) is 9.96. The van der Waals surface area contributed by atoms with Gasteiger partial charge in [-0.3, -0.25) is 4.98 Å². The van der Waals surface area contributed by atoms with Crippen LogP contribution in [0.25, 0.3) is 43.5 Å². The highest BCUT2D eigenvalue weighted by atomic mass is 32.1. The van der Waals surface area contributed by atoms with Crippen LogP contribution in [0.5, 0.6) is 11.5 Å². The Hall–Kier alpha value is -5.93. The zero-order valence-electron chi connectivity index (χ0n) is 28.9. The maximum atomic E-state index is 13.7. The number of benzene rings is 4. The van der Waals surface area contributed by atoms with E-state index in [9.17, 15) is 13.2 Å². The molecule has 0 N–H and O–H groups in total. The van der Waals surface area contributed by atoms with Gasteiger partial charge in [-0.05, 0) is 145 Å². The van der Waals surface area contributed by atoms with Gasteiger partial charge in [-0.25, -0.2) is 4.98 Å². The van der Waals surface area contributed by atoms with E-state index in [1.54, 1.807) is 37.8 Å². The Morgan fingerprint density at radius 2 is 1.19 bits per heavy atom. The fraction of sp³-hybridized carbons (Fsp3) is 0.116. The lowest BCUT2D eigenvalue weighted by atomic mass is 9.99. The van der Waals surface area contributed by atoms with Crippen LogP contribution in [0.1, 0.15) is 16.7 Å². The molecule has 0 aliphatic rings. The first kappa shape index (κ1) is 34.5. The molecule has 0 bridgehead atoms. The van der Waals surface area contributed by atoms with Gasteiger partial charge in [0.25, 0.3) is 0 Å². The quantitative estimate of drug-likeness (QED) is 0.149. The fourth-order valence-corrected chi connectivity index (χ4v) is 7.49. The molecule has 7 rings (SSSR count). The first-order chi connectivity index (χ1) is 25.1. The molecule has 0 aliphatic heterocycles. The number of aromatic nitrogens is 2. The molecular weight excluding hydrogens is 680 g/mol. The van der Waals surface area contributed by atoms with Crippen molar-refractivity contribution in [1.82, 2.24) is 9.97 Å². The van der Waals surface area contributed by atoms with Crippen molar-refractivity contribution in [2.75, 3.05) is 19.1 Å². The Morgan fingerprint density at radius 1 is 0.577 bits per heavy atom. The van der Waals surface area contributed by atoms with Crippen molar-refractivity contribution >= 4 is 28.4 Å². The summed E-state index contributed by atoms with van der Waals surface area (Å²) in [6.07, 6.45) is -2.79. The third-order valence-electron chi connectivity index (χ3n) is 8.81. The Labute approximate surface area is 304 Å². The normalized spacial score (nSPS) is 11.4. The van der Waals surface area contributed by atoms with E-state index >= 15 is 0 Å². The number of anilines is 3. The van der Waals surface area contributed by atoms with Crippen LogP contribution in [0.2, 0.25) is 0 Å². The second kappa shape index (κ2) is 14.4. The van der Waals surface area contributed by atoms with Crippen molar-refractivity contribution < 1.29 is 22.6 Å². The zero-order valence-corrected chi connectivity index (χ0v) is 29.7. The molecule has 3 heterocycles. The van der Waals surface area contributed by atoms with Gasteiger partial charge in [0.05, 0.1) is 36.9 Å². The maximum Gasteiger partial charge on any atom is 0.416 e. The van der Waals surface area contributed by atoms with Crippen molar-refractivity contribution in [3.8, 4) is 55.0 Å². The highest BCUT2D eigenvalue weighted by Crippen LogP contribution is 2.43. The molecule has 0 unspecified atom stereocenters. The molecule has 0 aliphatic carbocycles. The van der Waals surface area contributed by atoms with E-state index in [2.05, 4.69) is 48.0 Å². The number of thiophene rings is 1. The number of hydrogen-bond donors (Lipinski definition) is 0. The summed E-state index contributed by atoms with van der Waals surface area (Å²) in [6.45, 7) is 4.23. The van der Waals surface area contributed by atoms with Gasteiger partial charge in [0, 0.05) is 38.6 Å². The average molecular weight is 714 g/mol. The van der Waals surface area contributed by atoms with E-state index in [4.69, 9.17) is 14.5 Å². The molecule has 0 atom stereocenters. The molecule has 0 radical (unpaired) electrons. The van der Waals surface area contributed by atoms with Gasteiger partial charge >= 0.3 is 6.18 Å². The van der Waals surface area contributed by atoms with Gasteiger partial charge in [0.1, 0.15) is 11.5 Å². The van der Waals surface area contributed by atoms with Crippen LogP contribution in [-0.2, 0) is 6.18 Å². The molecule has 9 heteroatoms. The Bertz CT molecular complexity index is 2270. The Kier molecular flexibility index (Phi) is 9.53. The van der Waals surface area contributed by atoms with Crippen LogP contribution in [0.3, 0.4) is 0 Å². The zero-order chi connectivity index (χ0) is 36.4. The molecule has 260 valence electrons. The highest BCUT2D eigenvalue weighted by molar-refractivity contribution is 7.18. The molecule has 52 heavy (non-hydrogen) atoms. The highest BCUT2D eigenvalue weighted by Gasteiger charge is 2.30. The SMILES string of the molecule is COc1ccc(N(c2ccc(OC)cc2)c2cc(C)c(-c3ccc(-c4cc(-c5cccc(C(F)(F)F)c5)nc(-c5ccccn5)c4)s3)c(C)c2)cc1. The summed E-state index contributed by atoms with van der Waals surface area (Å²) < 4.78 is 51.8. The average Bonchev–Trinajstić information content (AvgIpc) is 3.65. The van der Waals surface area contributed by atoms with Gasteiger partial charge in [0.2, 0.25) is 0 Å². The van der Waals surface area contributed by atoms with E-state index in [-0.39, 0.29) is 0 Å². The summed E-state index contributed by atoms with van der Waals surface area (Å²) in [5.74, 6) is 1.55. The van der Waals surface area contributed by atoms with Crippen molar-refractivity contribution in [2.45, 2.75) is 20.0 Å². The van der Waals surface area contributed by atoms with Gasteiger partial charge in [-0.1, -0.05) is 18.2 Å². The molecule has 0 amide bonds. The topological polar surface area (TPSA) is 47.5 Å². The summed E-state index contributed by atoms with van der Waals surface area (Å²) in [7, 11) is 3.31. The van der Waals surface area contributed by atoms with Gasteiger partial charge in [0.15, 0.2) is 0 Å². The van der Waals surface area contributed by atoms with Gasteiger partial charge in [-0.2, -0.15) is 13.2 Å². The molecule has 3 aromatic heterocycles. The third kappa shape index (κ3) is 7.13. The number of methoxy groups -OCH3 is 2. The minimum absolute atomic E-state index is 0.381. The van der Waals surface area contributed by atoms with E-state index in [0.717, 1.165) is 72.7 Å².